The number of anilines is 1. The summed E-state index contributed by atoms with van der Waals surface area (Å²) in [6.07, 6.45) is 1.57. The predicted molar refractivity (Wildman–Crippen MR) is 83.8 cm³/mol. The Labute approximate surface area is 136 Å². The molecule has 3 aromatic rings. The van der Waals surface area contributed by atoms with Gasteiger partial charge in [-0.05, 0) is 31.2 Å². The maximum Gasteiger partial charge on any atom is 0.151 e. The molecule has 3 aromatic heterocycles. The zero-order valence-electron chi connectivity index (χ0n) is 11.5. The molecule has 0 spiro atoms. The summed E-state index contributed by atoms with van der Waals surface area (Å²) < 4.78 is 5.27. The maximum absolute atomic E-state index is 5.85. The third kappa shape index (κ3) is 3.18. The molecule has 22 heavy (non-hydrogen) atoms. The predicted octanol–water partition coefficient (Wildman–Crippen LogP) is 3.75. The average molecular weight is 336 g/mol. The first-order valence-electron chi connectivity index (χ1n) is 6.43. The van der Waals surface area contributed by atoms with Crippen LogP contribution in [0.4, 0.5) is 5.82 Å². The van der Waals surface area contributed by atoms with Crippen molar-refractivity contribution in [1.29, 1.82) is 0 Å². The molecule has 0 radical (unpaired) electrons. The van der Waals surface area contributed by atoms with E-state index in [2.05, 4.69) is 25.7 Å². The van der Waals surface area contributed by atoms with Crippen LogP contribution in [0.3, 0.4) is 0 Å². The molecular formula is C14H11Cl2N5O. The Kier molecular flexibility index (Phi) is 4.22. The van der Waals surface area contributed by atoms with Gasteiger partial charge in [-0.3, -0.25) is 4.98 Å². The molecule has 0 saturated heterocycles. The Balaban J connectivity index is 1.83. The molecule has 0 amide bonds. The summed E-state index contributed by atoms with van der Waals surface area (Å²) in [5, 5.41) is 15.9. The summed E-state index contributed by atoms with van der Waals surface area (Å²) >= 11 is 11.6. The van der Waals surface area contributed by atoms with Gasteiger partial charge in [-0.15, -0.1) is 10.2 Å². The van der Waals surface area contributed by atoms with Gasteiger partial charge in [0.1, 0.15) is 17.3 Å². The van der Waals surface area contributed by atoms with Crippen molar-refractivity contribution in [3.8, 4) is 11.4 Å². The SMILES string of the molecule is Cc1onc(-c2ccc(Cl)cn2)c1CNc1ccc(Cl)nn1. The lowest BCUT2D eigenvalue weighted by molar-refractivity contribution is 0.398. The summed E-state index contributed by atoms with van der Waals surface area (Å²) in [6.45, 7) is 2.32. The van der Waals surface area contributed by atoms with Crippen molar-refractivity contribution in [2.45, 2.75) is 13.5 Å². The van der Waals surface area contributed by atoms with Gasteiger partial charge in [0.25, 0.3) is 0 Å². The van der Waals surface area contributed by atoms with Gasteiger partial charge in [-0.1, -0.05) is 28.4 Å². The molecule has 3 rings (SSSR count). The summed E-state index contributed by atoms with van der Waals surface area (Å²) in [7, 11) is 0. The van der Waals surface area contributed by atoms with E-state index in [1.165, 1.54) is 0 Å². The maximum atomic E-state index is 5.85. The zero-order chi connectivity index (χ0) is 15.5. The van der Waals surface area contributed by atoms with E-state index in [0.29, 0.717) is 39.7 Å². The first-order valence-corrected chi connectivity index (χ1v) is 7.19. The summed E-state index contributed by atoms with van der Waals surface area (Å²) in [6, 6.07) is 6.97. The van der Waals surface area contributed by atoms with E-state index < -0.39 is 0 Å². The van der Waals surface area contributed by atoms with Crippen molar-refractivity contribution in [1.82, 2.24) is 20.3 Å². The Bertz CT molecular complexity index is 771. The minimum Gasteiger partial charge on any atom is -0.364 e. The topological polar surface area (TPSA) is 76.7 Å². The highest BCUT2D eigenvalue weighted by Gasteiger charge is 2.15. The van der Waals surface area contributed by atoms with E-state index in [1.807, 2.05) is 6.92 Å². The van der Waals surface area contributed by atoms with Gasteiger partial charge in [-0.2, -0.15) is 0 Å². The lowest BCUT2D eigenvalue weighted by Gasteiger charge is -2.05. The second-order valence-corrected chi connectivity index (χ2v) is 5.35. The second-order valence-electron chi connectivity index (χ2n) is 4.52. The quantitative estimate of drug-likeness (QED) is 0.782. The van der Waals surface area contributed by atoms with Crippen LogP contribution in [0.15, 0.2) is 35.0 Å². The van der Waals surface area contributed by atoms with Crippen molar-refractivity contribution in [2.75, 3.05) is 5.32 Å². The van der Waals surface area contributed by atoms with Crippen LogP contribution in [0.25, 0.3) is 11.4 Å². The fourth-order valence-electron chi connectivity index (χ4n) is 1.91. The van der Waals surface area contributed by atoms with E-state index in [0.717, 1.165) is 5.56 Å². The second kappa shape index (κ2) is 6.29. The molecular weight excluding hydrogens is 325 g/mol. The number of nitrogens with one attached hydrogen (secondary N) is 1. The van der Waals surface area contributed by atoms with Crippen molar-refractivity contribution < 1.29 is 4.52 Å². The summed E-state index contributed by atoms with van der Waals surface area (Å²) in [4.78, 5) is 4.26. The Hall–Kier alpha value is -2.18. The van der Waals surface area contributed by atoms with Crippen molar-refractivity contribution in [3.05, 3.63) is 52.0 Å². The molecule has 0 aliphatic rings. The van der Waals surface area contributed by atoms with Gasteiger partial charge >= 0.3 is 0 Å². The Morgan fingerprint density at radius 1 is 1.14 bits per heavy atom. The normalized spacial score (nSPS) is 10.7. The monoisotopic (exact) mass is 335 g/mol. The Morgan fingerprint density at radius 3 is 2.68 bits per heavy atom. The fourth-order valence-corrected chi connectivity index (χ4v) is 2.12. The number of aromatic nitrogens is 4. The number of pyridine rings is 1. The third-order valence-electron chi connectivity index (χ3n) is 3.03. The van der Waals surface area contributed by atoms with E-state index >= 15 is 0 Å². The molecule has 3 heterocycles. The van der Waals surface area contributed by atoms with Gasteiger partial charge in [-0.25, -0.2) is 0 Å². The smallest absolute Gasteiger partial charge is 0.151 e. The molecule has 0 bridgehead atoms. The van der Waals surface area contributed by atoms with Gasteiger partial charge in [0.2, 0.25) is 0 Å². The van der Waals surface area contributed by atoms with E-state index in [9.17, 15) is 0 Å². The van der Waals surface area contributed by atoms with Crippen LogP contribution in [0.5, 0.6) is 0 Å². The Morgan fingerprint density at radius 2 is 2.00 bits per heavy atom. The molecule has 8 heteroatoms. The number of aryl methyl sites for hydroxylation is 1. The largest absolute Gasteiger partial charge is 0.364 e. The molecule has 0 unspecified atom stereocenters. The highest BCUT2D eigenvalue weighted by molar-refractivity contribution is 6.30. The zero-order valence-corrected chi connectivity index (χ0v) is 13.1. The first-order chi connectivity index (χ1) is 10.6. The number of hydrogen-bond donors (Lipinski definition) is 1. The number of nitrogens with zero attached hydrogens (tertiary/aromatic N) is 4. The van der Waals surface area contributed by atoms with Crippen LogP contribution in [0, 0.1) is 6.92 Å². The molecule has 0 aliphatic heterocycles. The van der Waals surface area contributed by atoms with Crippen molar-refractivity contribution in [2.24, 2.45) is 0 Å². The minimum absolute atomic E-state index is 0.345. The minimum atomic E-state index is 0.345. The number of halogens is 2. The molecule has 112 valence electrons. The van der Waals surface area contributed by atoms with Gasteiger partial charge in [0.05, 0.1) is 10.7 Å². The number of hydrogen-bond acceptors (Lipinski definition) is 6. The van der Waals surface area contributed by atoms with E-state index in [-0.39, 0.29) is 0 Å². The van der Waals surface area contributed by atoms with Crippen molar-refractivity contribution >= 4 is 29.0 Å². The van der Waals surface area contributed by atoms with Crippen LogP contribution in [0.2, 0.25) is 10.2 Å². The summed E-state index contributed by atoms with van der Waals surface area (Å²) in [5.74, 6) is 1.32. The molecule has 0 aromatic carbocycles. The molecule has 0 aliphatic carbocycles. The van der Waals surface area contributed by atoms with Crippen LogP contribution in [-0.4, -0.2) is 20.3 Å². The summed E-state index contributed by atoms with van der Waals surface area (Å²) in [5.41, 5.74) is 2.26. The van der Waals surface area contributed by atoms with Gasteiger partial charge < -0.3 is 9.84 Å². The highest BCUT2D eigenvalue weighted by Crippen LogP contribution is 2.25. The standard InChI is InChI=1S/C14H11Cl2N5O/c1-8-10(7-18-13-5-4-12(16)19-20-13)14(21-22-8)11-3-2-9(15)6-17-11/h2-6H,7H2,1H3,(H,18,20). The molecule has 0 fully saturated rings. The number of rotatable bonds is 4. The van der Waals surface area contributed by atoms with E-state index in [1.54, 1.807) is 30.5 Å². The molecule has 1 N–H and O–H groups in total. The van der Waals surface area contributed by atoms with Crippen LogP contribution in [-0.2, 0) is 6.54 Å². The lowest BCUT2D eigenvalue weighted by atomic mass is 10.1. The van der Waals surface area contributed by atoms with Crippen LogP contribution in [0.1, 0.15) is 11.3 Å². The van der Waals surface area contributed by atoms with Gasteiger partial charge in [0.15, 0.2) is 5.15 Å². The highest BCUT2D eigenvalue weighted by atomic mass is 35.5. The van der Waals surface area contributed by atoms with E-state index in [4.69, 9.17) is 27.7 Å². The van der Waals surface area contributed by atoms with Gasteiger partial charge in [0, 0.05) is 18.3 Å². The van der Waals surface area contributed by atoms with Crippen molar-refractivity contribution in [3.63, 3.8) is 0 Å². The molecule has 6 nitrogen and oxygen atoms in total. The lowest BCUT2D eigenvalue weighted by Crippen LogP contribution is -2.04. The third-order valence-corrected chi connectivity index (χ3v) is 3.46. The van der Waals surface area contributed by atoms with Crippen LogP contribution < -0.4 is 5.32 Å². The average Bonchev–Trinajstić information content (AvgIpc) is 2.89. The molecule has 0 saturated carbocycles. The molecule has 0 atom stereocenters. The first kappa shape index (κ1) is 14.7. The van der Waals surface area contributed by atoms with Crippen LogP contribution >= 0.6 is 23.2 Å². The fraction of sp³-hybridized carbons (Fsp3) is 0.143.